The van der Waals surface area contributed by atoms with Crippen molar-refractivity contribution >= 4 is 24.2 Å². The SMILES string of the molecule is O=[P+](O)O.OCCCCCCCCBr. The Morgan fingerprint density at radius 1 is 0.929 bits per heavy atom. The van der Waals surface area contributed by atoms with E-state index < -0.39 is 8.25 Å². The average molecular weight is 290 g/mol. The van der Waals surface area contributed by atoms with E-state index in [1.807, 2.05) is 0 Å². The summed E-state index contributed by atoms with van der Waals surface area (Å²) in [6, 6.07) is 0. The number of aliphatic hydroxyl groups is 1. The van der Waals surface area contributed by atoms with Gasteiger partial charge in [-0.05, 0) is 12.8 Å². The Balaban J connectivity index is 0. The Morgan fingerprint density at radius 3 is 1.64 bits per heavy atom. The summed E-state index contributed by atoms with van der Waals surface area (Å²) >= 11 is 3.39. The molecule has 0 heterocycles. The largest absolute Gasteiger partial charge is 0.692 e. The van der Waals surface area contributed by atoms with Crippen LogP contribution in [-0.4, -0.2) is 26.8 Å². The van der Waals surface area contributed by atoms with Crippen molar-refractivity contribution in [1.82, 2.24) is 0 Å². The van der Waals surface area contributed by atoms with Crippen molar-refractivity contribution in [3.63, 3.8) is 0 Å². The number of hydrogen-bond acceptors (Lipinski definition) is 2. The maximum absolute atomic E-state index is 8.70. The van der Waals surface area contributed by atoms with E-state index in [-0.39, 0.29) is 0 Å². The highest BCUT2D eigenvalue weighted by atomic mass is 79.9. The van der Waals surface area contributed by atoms with Gasteiger partial charge in [-0.2, -0.15) is 0 Å². The van der Waals surface area contributed by atoms with Crippen molar-refractivity contribution in [3.8, 4) is 0 Å². The third kappa shape index (κ3) is 29.4. The first-order valence-corrected chi connectivity index (χ1v) is 6.95. The lowest BCUT2D eigenvalue weighted by atomic mass is 10.1. The van der Waals surface area contributed by atoms with Gasteiger partial charge < -0.3 is 5.11 Å². The average Bonchev–Trinajstić information content (AvgIpc) is 2.10. The number of hydrogen-bond donors (Lipinski definition) is 3. The Hall–Kier alpha value is 0.460. The molecule has 4 nitrogen and oxygen atoms in total. The second kappa shape index (κ2) is 15.9. The molecule has 0 bridgehead atoms. The second-order valence-corrected chi connectivity index (χ2v) is 4.09. The third-order valence-electron chi connectivity index (χ3n) is 1.54. The Bertz CT molecular complexity index is 112. The zero-order valence-corrected chi connectivity index (χ0v) is 10.7. The minimum absolute atomic E-state index is 0.360. The fourth-order valence-corrected chi connectivity index (χ4v) is 1.31. The van der Waals surface area contributed by atoms with Gasteiger partial charge in [0.1, 0.15) is 0 Å². The maximum atomic E-state index is 8.70. The first-order valence-electron chi connectivity index (χ1n) is 4.67. The Morgan fingerprint density at radius 2 is 1.29 bits per heavy atom. The molecule has 0 rings (SSSR count). The molecule has 0 aromatic heterocycles. The molecule has 0 saturated heterocycles. The highest BCUT2D eigenvalue weighted by Crippen LogP contribution is 2.05. The standard InChI is InChI=1S/C8H17BrO.HO3P/c9-7-5-3-1-2-4-6-8-10;1-4(2)3/h10H,1-8H2;(H-,1,2,3)/p+1. The van der Waals surface area contributed by atoms with Gasteiger partial charge in [-0.3, -0.25) is 0 Å². The van der Waals surface area contributed by atoms with Crippen LogP contribution in [0.2, 0.25) is 0 Å². The summed E-state index contributed by atoms with van der Waals surface area (Å²) in [6.45, 7) is 0.360. The predicted molar refractivity (Wildman–Crippen MR) is 60.6 cm³/mol. The molecule has 0 radical (unpaired) electrons. The van der Waals surface area contributed by atoms with E-state index in [1.54, 1.807) is 0 Å². The van der Waals surface area contributed by atoms with Crippen LogP contribution in [0.4, 0.5) is 0 Å². The highest BCUT2D eigenvalue weighted by molar-refractivity contribution is 9.09. The van der Waals surface area contributed by atoms with E-state index in [2.05, 4.69) is 15.9 Å². The molecular formula is C8H19BrO4P+. The maximum Gasteiger partial charge on any atom is 0.692 e. The normalized spacial score (nSPS) is 9.14. The fraction of sp³-hybridized carbons (Fsp3) is 1.00. The monoisotopic (exact) mass is 289 g/mol. The van der Waals surface area contributed by atoms with E-state index in [1.165, 1.54) is 32.1 Å². The summed E-state index contributed by atoms with van der Waals surface area (Å²) in [4.78, 5) is 14.2. The van der Waals surface area contributed by atoms with Crippen molar-refractivity contribution in [2.75, 3.05) is 11.9 Å². The Labute approximate surface area is 94.4 Å². The van der Waals surface area contributed by atoms with E-state index in [0.29, 0.717) is 6.61 Å². The number of unbranched alkanes of at least 4 members (excludes halogenated alkanes) is 5. The van der Waals surface area contributed by atoms with Crippen molar-refractivity contribution in [2.45, 2.75) is 38.5 Å². The molecule has 14 heavy (non-hydrogen) atoms. The Kier molecular flexibility index (Phi) is 19.2. The summed E-state index contributed by atoms with van der Waals surface area (Å²) in [7, 11) is -2.87. The van der Waals surface area contributed by atoms with Gasteiger partial charge in [-0.15, -0.1) is 9.79 Å². The van der Waals surface area contributed by atoms with Gasteiger partial charge in [0.25, 0.3) is 0 Å². The summed E-state index contributed by atoms with van der Waals surface area (Å²) < 4.78 is 8.70. The van der Waals surface area contributed by atoms with Crippen LogP contribution in [0.25, 0.3) is 0 Å². The van der Waals surface area contributed by atoms with Crippen LogP contribution in [0.15, 0.2) is 0 Å². The van der Waals surface area contributed by atoms with Crippen LogP contribution in [-0.2, 0) is 4.57 Å². The molecule has 0 aliphatic carbocycles. The van der Waals surface area contributed by atoms with Gasteiger partial charge in [0.15, 0.2) is 0 Å². The molecule has 6 heteroatoms. The summed E-state index contributed by atoms with van der Waals surface area (Å²) in [6.07, 6.45) is 7.40. The van der Waals surface area contributed by atoms with Gasteiger partial charge in [-0.25, -0.2) is 0 Å². The number of halogens is 1. The van der Waals surface area contributed by atoms with Gasteiger partial charge in [-0.1, -0.05) is 41.6 Å². The first-order chi connectivity index (χ1) is 6.65. The van der Waals surface area contributed by atoms with E-state index in [9.17, 15) is 0 Å². The molecule has 0 saturated carbocycles. The van der Waals surface area contributed by atoms with E-state index in [0.717, 1.165) is 11.8 Å². The molecule has 0 spiro atoms. The molecule has 0 aliphatic rings. The molecule has 0 unspecified atom stereocenters. The van der Waals surface area contributed by atoms with E-state index >= 15 is 0 Å². The molecule has 0 amide bonds. The minimum Gasteiger partial charge on any atom is -0.396 e. The third-order valence-corrected chi connectivity index (χ3v) is 2.10. The van der Waals surface area contributed by atoms with Crippen molar-refractivity contribution in [2.24, 2.45) is 0 Å². The van der Waals surface area contributed by atoms with Crippen LogP contribution in [0.5, 0.6) is 0 Å². The number of aliphatic hydroxyl groups excluding tert-OH is 1. The second-order valence-electron chi connectivity index (χ2n) is 2.79. The lowest BCUT2D eigenvalue weighted by Gasteiger charge is -1.97. The molecule has 3 N–H and O–H groups in total. The number of rotatable bonds is 7. The van der Waals surface area contributed by atoms with Crippen LogP contribution in [0.1, 0.15) is 38.5 Å². The topological polar surface area (TPSA) is 77.8 Å². The van der Waals surface area contributed by atoms with Crippen molar-refractivity contribution in [3.05, 3.63) is 0 Å². The van der Waals surface area contributed by atoms with Gasteiger partial charge >= 0.3 is 8.25 Å². The van der Waals surface area contributed by atoms with Gasteiger partial charge in [0.05, 0.1) is 0 Å². The van der Waals surface area contributed by atoms with Gasteiger partial charge in [0.2, 0.25) is 0 Å². The zero-order valence-electron chi connectivity index (χ0n) is 8.23. The number of alkyl halides is 1. The lowest BCUT2D eigenvalue weighted by molar-refractivity contribution is 0.282. The smallest absolute Gasteiger partial charge is 0.396 e. The van der Waals surface area contributed by atoms with Crippen molar-refractivity contribution in [1.29, 1.82) is 0 Å². The van der Waals surface area contributed by atoms with Crippen LogP contribution < -0.4 is 0 Å². The molecule has 86 valence electrons. The molecule has 0 aromatic rings. The molecular weight excluding hydrogens is 271 g/mol. The zero-order chi connectivity index (χ0) is 11.2. The molecule has 0 atom stereocenters. The fourth-order valence-electron chi connectivity index (χ4n) is 0.913. The molecule has 0 fully saturated rings. The predicted octanol–water partition coefficient (Wildman–Crippen LogP) is 2.34. The summed E-state index contributed by atoms with van der Waals surface area (Å²) in [5.41, 5.74) is 0. The van der Waals surface area contributed by atoms with Crippen LogP contribution in [0, 0.1) is 0 Å². The summed E-state index contributed by atoms with van der Waals surface area (Å²) in [5.74, 6) is 0. The first kappa shape index (κ1) is 16.9. The molecule has 0 aromatic carbocycles. The lowest BCUT2D eigenvalue weighted by Crippen LogP contribution is -1.83. The van der Waals surface area contributed by atoms with E-state index in [4.69, 9.17) is 19.5 Å². The van der Waals surface area contributed by atoms with Crippen molar-refractivity contribution < 1.29 is 19.5 Å². The van der Waals surface area contributed by atoms with Crippen LogP contribution >= 0.6 is 24.2 Å². The van der Waals surface area contributed by atoms with Gasteiger partial charge in [0, 0.05) is 16.5 Å². The summed E-state index contributed by atoms with van der Waals surface area (Å²) in [5, 5.41) is 9.59. The quantitative estimate of drug-likeness (QED) is 0.382. The highest BCUT2D eigenvalue weighted by Gasteiger charge is 1.93. The molecule has 0 aliphatic heterocycles. The minimum atomic E-state index is -2.87. The van der Waals surface area contributed by atoms with Crippen LogP contribution in [0.3, 0.4) is 0 Å².